The first kappa shape index (κ1) is 21.0. The summed E-state index contributed by atoms with van der Waals surface area (Å²) in [5.74, 6) is -0.994. The summed E-state index contributed by atoms with van der Waals surface area (Å²) in [6, 6.07) is 12.2. The van der Waals surface area contributed by atoms with Crippen molar-refractivity contribution in [2.45, 2.75) is 24.8 Å². The van der Waals surface area contributed by atoms with Crippen LogP contribution in [0.2, 0.25) is 0 Å². The second-order valence-corrected chi connectivity index (χ2v) is 9.33. The molecule has 8 heteroatoms. The van der Waals surface area contributed by atoms with Crippen molar-refractivity contribution in [3.05, 3.63) is 64.7 Å². The molecule has 154 valence electrons. The van der Waals surface area contributed by atoms with E-state index in [-0.39, 0.29) is 23.0 Å². The number of hydrogen-bond acceptors (Lipinski definition) is 5. The lowest BCUT2D eigenvalue weighted by Crippen LogP contribution is -2.38. The Kier molecular flexibility index (Phi) is 6.04. The summed E-state index contributed by atoms with van der Waals surface area (Å²) in [6.45, 7) is 2.36. The van der Waals surface area contributed by atoms with E-state index in [1.807, 2.05) is 18.2 Å². The third-order valence-corrected chi connectivity index (χ3v) is 6.83. The van der Waals surface area contributed by atoms with E-state index < -0.39 is 16.0 Å². The summed E-state index contributed by atoms with van der Waals surface area (Å²) in [5, 5.41) is 0. The van der Waals surface area contributed by atoms with Gasteiger partial charge in [-0.25, -0.2) is 17.5 Å². The van der Waals surface area contributed by atoms with Crippen LogP contribution in [0, 0.1) is 6.92 Å². The second kappa shape index (κ2) is 8.34. The Labute approximate surface area is 170 Å². The summed E-state index contributed by atoms with van der Waals surface area (Å²) >= 11 is 0. The van der Waals surface area contributed by atoms with E-state index in [1.165, 1.54) is 31.8 Å². The van der Waals surface area contributed by atoms with Gasteiger partial charge in [0.15, 0.2) is 6.61 Å². The molecule has 0 aliphatic carbocycles. The highest BCUT2D eigenvalue weighted by Crippen LogP contribution is 2.20. The number of aryl methyl sites for hydroxylation is 1. The highest BCUT2D eigenvalue weighted by molar-refractivity contribution is 7.89. The minimum atomic E-state index is -3.68. The zero-order chi connectivity index (χ0) is 21.2. The third kappa shape index (κ3) is 4.49. The molecule has 0 bridgehead atoms. The SMILES string of the molecule is Cc1ccc(S(=O)(=O)N(C)C)cc1C(=O)OCC(=O)N1CCc2ccccc2C1. The Morgan fingerprint density at radius 2 is 1.79 bits per heavy atom. The van der Waals surface area contributed by atoms with E-state index in [9.17, 15) is 18.0 Å². The summed E-state index contributed by atoms with van der Waals surface area (Å²) in [6.07, 6.45) is 0.763. The van der Waals surface area contributed by atoms with E-state index >= 15 is 0 Å². The Morgan fingerprint density at radius 3 is 2.48 bits per heavy atom. The monoisotopic (exact) mass is 416 g/mol. The van der Waals surface area contributed by atoms with Gasteiger partial charge in [-0.15, -0.1) is 0 Å². The fraction of sp³-hybridized carbons (Fsp3) is 0.333. The number of carbonyl (C=O) groups excluding carboxylic acids is 2. The van der Waals surface area contributed by atoms with Crippen molar-refractivity contribution in [1.29, 1.82) is 0 Å². The number of rotatable bonds is 5. The van der Waals surface area contributed by atoms with Crippen molar-refractivity contribution >= 4 is 21.9 Å². The number of fused-ring (bicyclic) bond motifs is 1. The first-order valence-corrected chi connectivity index (χ1v) is 10.7. The maximum atomic E-state index is 12.5. The molecule has 0 unspecified atom stereocenters. The van der Waals surface area contributed by atoms with E-state index in [0.29, 0.717) is 18.7 Å². The molecule has 1 amide bonds. The Morgan fingerprint density at radius 1 is 1.10 bits per heavy atom. The van der Waals surface area contributed by atoms with Gasteiger partial charge in [0.25, 0.3) is 5.91 Å². The summed E-state index contributed by atoms with van der Waals surface area (Å²) in [4.78, 5) is 26.7. The van der Waals surface area contributed by atoms with Crippen LogP contribution in [-0.2, 0) is 32.5 Å². The van der Waals surface area contributed by atoms with Crippen LogP contribution in [0.3, 0.4) is 0 Å². The minimum absolute atomic E-state index is 0.000913. The van der Waals surface area contributed by atoms with Crippen molar-refractivity contribution in [3.63, 3.8) is 0 Å². The van der Waals surface area contributed by atoms with Gasteiger partial charge in [-0.2, -0.15) is 0 Å². The molecule has 7 nitrogen and oxygen atoms in total. The van der Waals surface area contributed by atoms with Crippen molar-refractivity contribution in [3.8, 4) is 0 Å². The molecule has 0 fully saturated rings. The fourth-order valence-electron chi connectivity index (χ4n) is 3.20. The summed E-state index contributed by atoms with van der Waals surface area (Å²) < 4.78 is 30.9. The van der Waals surface area contributed by atoms with Gasteiger partial charge in [0.05, 0.1) is 10.5 Å². The van der Waals surface area contributed by atoms with Gasteiger partial charge >= 0.3 is 5.97 Å². The van der Waals surface area contributed by atoms with Crippen LogP contribution in [0.4, 0.5) is 0 Å². The van der Waals surface area contributed by atoms with Gasteiger partial charge in [-0.1, -0.05) is 30.3 Å². The number of nitrogens with zero attached hydrogens (tertiary/aromatic N) is 2. The molecular weight excluding hydrogens is 392 g/mol. The molecule has 0 saturated carbocycles. The van der Waals surface area contributed by atoms with Crippen molar-refractivity contribution < 1.29 is 22.7 Å². The molecule has 0 N–H and O–H groups in total. The fourth-order valence-corrected chi connectivity index (χ4v) is 4.13. The molecule has 2 aromatic rings. The molecule has 1 heterocycles. The number of esters is 1. The number of ether oxygens (including phenoxy) is 1. The van der Waals surface area contributed by atoms with Crippen LogP contribution in [0.25, 0.3) is 0 Å². The van der Waals surface area contributed by atoms with Crippen molar-refractivity contribution in [2.24, 2.45) is 0 Å². The van der Waals surface area contributed by atoms with Gasteiger partial charge in [0.2, 0.25) is 10.0 Å². The maximum absolute atomic E-state index is 12.5. The van der Waals surface area contributed by atoms with Crippen LogP contribution in [0.15, 0.2) is 47.4 Å². The number of hydrogen-bond donors (Lipinski definition) is 0. The number of benzene rings is 2. The second-order valence-electron chi connectivity index (χ2n) is 7.17. The molecule has 1 aliphatic heterocycles. The highest BCUT2D eigenvalue weighted by Gasteiger charge is 2.24. The minimum Gasteiger partial charge on any atom is -0.452 e. The predicted molar refractivity (Wildman–Crippen MR) is 108 cm³/mol. The van der Waals surface area contributed by atoms with Crippen molar-refractivity contribution in [1.82, 2.24) is 9.21 Å². The molecule has 1 aliphatic rings. The lowest BCUT2D eigenvalue weighted by Gasteiger charge is -2.28. The van der Waals surface area contributed by atoms with Gasteiger partial charge < -0.3 is 9.64 Å². The standard InChI is InChI=1S/C21H24N2O5S/c1-15-8-9-18(29(26,27)22(2)3)12-19(15)21(25)28-14-20(24)23-11-10-16-6-4-5-7-17(16)13-23/h4-9,12H,10-11,13-14H2,1-3H3. The molecule has 0 atom stereocenters. The average Bonchev–Trinajstić information content (AvgIpc) is 2.71. The molecule has 29 heavy (non-hydrogen) atoms. The average molecular weight is 416 g/mol. The molecular formula is C21H24N2O5S. The first-order valence-electron chi connectivity index (χ1n) is 9.25. The largest absolute Gasteiger partial charge is 0.452 e. The zero-order valence-corrected chi connectivity index (χ0v) is 17.5. The highest BCUT2D eigenvalue weighted by atomic mass is 32.2. The van der Waals surface area contributed by atoms with Crippen LogP contribution in [0.5, 0.6) is 0 Å². The summed E-state index contributed by atoms with van der Waals surface area (Å²) in [5.41, 5.74) is 3.02. The normalized spacial score (nSPS) is 13.9. The maximum Gasteiger partial charge on any atom is 0.338 e. The van der Waals surface area contributed by atoms with Crippen LogP contribution in [-0.4, -0.2) is 56.7 Å². The molecule has 0 aromatic heterocycles. The summed E-state index contributed by atoms with van der Waals surface area (Å²) in [7, 11) is -0.838. The van der Waals surface area contributed by atoms with Gasteiger partial charge in [0.1, 0.15) is 0 Å². The molecule has 2 aromatic carbocycles. The molecule has 0 radical (unpaired) electrons. The van der Waals surface area contributed by atoms with Crippen molar-refractivity contribution in [2.75, 3.05) is 27.2 Å². The Bertz CT molecular complexity index is 1050. The van der Waals surface area contributed by atoms with E-state index in [1.54, 1.807) is 17.9 Å². The number of sulfonamides is 1. The zero-order valence-electron chi connectivity index (χ0n) is 16.7. The molecule has 0 spiro atoms. The number of amides is 1. The predicted octanol–water partition coefficient (Wildman–Crippen LogP) is 1.99. The first-order chi connectivity index (χ1) is 13.7. The Balaban J connectivity index is 1.67. The van der Waals surface area contributed by atoms with Crippen LogP contribution >= 0.6 is 0 Å². The lowest BCUT2D eigenvalue weighted by molar-refractivity contribution is -0.135. The van der Waals surface area contributed by atoms with Crippen LogP contribution in [0.1, 0.15) is 27.0 Å². The third-order valence-electron chi connectivity index (χ3n) is 5.02. The van der Waals surface area contributed by atoms with Gasteiger partial charge in [0, 0.05) is 27.2 Å². The van der Waals surface area contributed by atoms with Gasteiger partial charge in [-0.05, 0) is 42.2 Å². The van der Waals surface area contributed by atoms with Crippen LogP contribution < -0.4 is 0 Å². The van der Waals surface area contributed by atoms with E-state index in [4.69, 9.17) is 4.74 Å². The molecule has 0 saturated heterocycles. The lowest BCUT2D eigenvalue weighted by atomic mass is 10.00. The Hall–Kier alpha value is -2.71. The molecule has 3 rings (SSSR count). The van der Waals surface area contributed by atoms with E-state index in [0.717, 1.165) is 16.3 Å². The van der Waals surface area contributed by atoms with Gasteiger partial charge in [-0.3, -0.25) is 4.79 Å². The quantitative estimate of drug-likeness (QED) is 0.696. The van der Waals surface area contributed by atoms with E-state index in [2.05, 4.69) is 6.07 Å². The topological polar surface area (TPSA) is 84.0 Å². The smallest absolute Gasteiger partial charge is 0.338 e. The number of carbonyl (C=O) groups is 2.